The minimum absolute atomic E-state index is 0.636. The van der Waals surface area contributed by atoms with Gasteiger partial charge in [0.2, 0.25) is 0 Å². The van der Waals surface area contributed by atoms with Gasteiger partial charge in [0, 0.05) is 6.92 Å². The summed E-state index contributed by atoms with van der Waals surface area (Å²) in [5, 5.41) is 3.63. The zero-order chi connectivity index (χ0) is 9.97. The van der Waals surface area contributed by atoms with Crippen LogP contribution in [0.1, 0.15) is 5.76 Å². The summed E-state index contributed by atoms with van der Waals surface area (Å²) >= 11 is 3.39. The van der Waals surface area contributed by atoms with Crippen LogP contribution in [0.3, 0.4) is 0 Å². The highest BCUT2D eigenvalue weighted by Crippen LogP contribution is 2.30. The maximum atomic E-state index is 5.58. The lowest BCUT2D eigenvalue weighted by molar-refractivity contribution is 0.385. The summed E-state index contributed by atoms with van der Waals surface area (Å²) in [4.78, 5) is 0. The molecule has 0 aliphatic rings. The molecule has 1 heterocycles. The number of rotatable bonds is 2. The van der Waals surface area contributed by atoms with Crippen molar-refractivity contribution in [1.29, 1.82) is 0 Å². The van der Waals surface area contributed by atoms with E-state index in [0.29, 0.717) is 11.5 Å². The molecule has 0 aliphatic carbocycles. The highest BCUT2D eigenvalue weighted by atomic mass is 79.9. The third kappa shape index (κ3) is 1.80. The van der Waals surface area contributed by atoms with Gasteiger partial charge in [-0.1, -0.05) is 17.3 Å². The zero-order valence-electron chi connectivity index (χ0n) is 7.53. The van der Waals surface area contributed by atoms with Crippen LogP contribution in [0, 0.1) is 6.92 Å². The maximum Gasteiger partial charge on any atom is 0.189 e. The van der Waals surface area contributed by atoms with Crippen LogP contribution >= 0.6 is 15.9 Å². The van der Waals surface area contributed by atoms with E-state index >= 15 is 0 Å². The van der Waals surface area contributed by atoms with Gasteiger partial charge in [-0.25, -0.2) is 0 Å². The Hall–Kier alpha value is -1.29. The maximum absolute atomic E-state index is 5.58. The number of hydrogen-bond acceptors (Lipinski definition) is 3. The van der Waals surface area contributed by atoms with Crippen LogP contribution in [-0.2, 0) is 0 Å². The van der Waals surface area contributed by atoms with Crippen LogP contribution in [0.2, 0.25) is 0 Å². The highest BCUT2D eigenvalue weighted by molar-refractivity contribution is 9.10. The van der Waals surface area contributed by atoms with Crippen molar-refractivity contribution in [3.05, 3.63) is 40.7 Å². The summed E-state index contributed by atoms with van der Waals surface area (Å²) in [6, 6.07) is 7.62. The van der Waals surface area contributed by atoms with Crippen LogP contribution in [-0.4, -0.2) is 5.16 Å². The number of nitrogens with zero attached hydrogens (tertiary/aromatic N) is 1. The number of halogens is 1. The van der Waals surface area contributed by atoms with Gasteiger partial charge in [-0.05, 0) is 28.1 Å². The van der Waals surface area contributed by atoms with Gasteiger partial charge in [0.05, 0.1) is 4.47 Å². The van der Waals surface area contributed by atoms with Gasteiger partial charge in [-0.2, -0.15) is 0 Å². The van der Waals surface area contributed by atoms with Crippen LogP contribution in [0.5, 0.6) is 11.5 Å². The van der Waals surface area contributed by atoms with Crippen molar-refractivity contribution in [2.24, 2.45) is 0 Å². The molecule has 0 saturated carbocycles. The second kappa shape index (κ2) is 3.84. The third-order valence-corrected chi connectivity index (χ3v) is 2.42. The molecule has 1 aromatic carbocycles. The Kier molecular flexibility index (Phi) is 2.54. The number of hydrogen-bond donors (Lipinski definition) is 0. The van der Waals surface area contributed by atoms with Gasteiger partial charge in [-0.3, -0.25) is 0 Å². The fourth-order valence-electron chi connectivity index (χ4n) is 1.03. The first-order valence-corrected chi connectivity index (χ1v) is 4.90. The summed E-state index contributed by atoms with van der Waals surface area (Å²) in [7, 11) is 0. The van der Waals surface area contributed by atoms with Crippen molar-refractivity contribution in [1.82, 2.24) is 5.16 Å². The molecular weight excluding hydrogens is 246 g/mol. The summed E-state index contributed by atoms with van der Waals surface area (Å²) in [6.07, 6.45) is 1.55. The van der Waals surface area contributed by atoms with Gasteiger partial charge >= 0.3 is 0 Å². The van der Waals surface area contributed by atoms with E-state index in [1.165, 1.54) is 0 Å². The molecule has 1 aromatic heterocycles. The monoisotopic (exact) mass is 253 g/mol. The van der Waals surface area contributed by atoms with Crippen LogP contribution in [0.4, 0.5) is 0 Å². The Morgan fingerprint density at radius 1 is 1.29 bits per heavy atom. The molecule has 14 heavy (non-hydrogen) atoms. The minimum atomic E-state index is 0.636. The zero-order valence-corrected chi connectivity index (χ0v) is 9.11. The molecule has 72 valence electrons. The smallest absolute Gasteiger partial charge is 0.189 e. The Morgan fingerprint density at radius 2 is 2.07 bits per heavy atom. The van der Waals surface area contributed by atoms with Crippen molar-refractivity contribution >= 4 is 15.9 Å². The predicted molar refractivity (Wildman–Crippen MR) is 55.5 cm³/mol. The molecule has 0 atom stereocenters. The highest BCUT2D eigenvalue weighted by Gasteiger charge is 2.07. The van der Waals surface area contributed by atoms with E-state index in [1.807, 2.05) is 24.3 Å². The lowest BCUT2D eigenvalue weighted by atomic mass is 10.3. The van der Waals surface area contributed by atoms with Crippen LogP contribution in [0.25, 0.3) is 0 Å². The molecular formula is C10H8BrNO2. The van der Waals surface area contributed by atoms with E-state index in [-0.39, 0.29) is 0 Å². The quantitative estimate of drug-likeness (QED) is 0.822. The fourth-order valence-corrected chi connectivity index (χ4v) is 1.40. The van der Waals surface area contributed by atoms with Gasteiger partial charge in [0.25, 0.3) is 0 Å². The lowest BCUT2D eigenvalue weighted by Crippen LogP contribution is -1.84. The van der Waals surface area contributed by atoms with Gasteiger partial charge in [0.15, 0.2) is 11.5 Å². The van der Waals surface area contributed by atoms with Crippen LogP contribution in [0.15, 0.2) is 39.5 Å². The van der Waals surface area contributed by atoms with E-state index in [1.54, 1.807) is 13.1 Å². The average molecular weight is 254 g/mol. The second-order valence-corrected chi connectivity index (χ2v) is 3.63. The molecule has 2 rings (SSSR count). The SMILES string of the molecule is Cc1oncc1Oc1ccccc1Br. The Morgan fingerprint density at radius 3 is 2.71 bits per heavy atom. The molecule has 0 bridgehead atoms. The average Bonchev–Trinajstić information content (AvgIpc) is 2.56. The van der Waals surface area contributed by atoms with Crippen molar-refractivity contribution in [3.8, 4) is 11.5 Å². The van der Waals surface area contributed by atoms with Gasteiger partial charge in [0.1, 0.15) is 11.9 Å². The number of aromatic nitrogens is 1. The van der Waals surface area contributed by atoms with Gasteiger partial charge in [-0.15, -0.1) is 0 Å². The standard InChI is InChI=1S/C10H8BrNO2/c1-7-10(6-12-14-7)13-9-5-3-2-4-8(9)11/h2-6H,1H3. The molecule has 0 unspecified atom stereocenters. The number of benzene rings is 1. The first-order valence-electron chi connectivity index (χ1n) is 4.11. The molecule has 0 amide bonds. The molecule has 0 spiro atoms. The molecule has 0 aliphatic heterocycles. The molecule has 0 N–H and O–H groups in total. The van der Waals surface area contributed by atoms with Gasteiger partial charge < -0.3 is 9.26 Å². The van der Waals surface area contributed by atoms with E-state index in [9.17, 15) is 0 Å². The molecule has 2 aromatic rings. The summed E-state index contributed by atoms with van der Waals surface area (Å²) in [5.41, 5.74) is 0. The van der Waals surface area contributed by atoms with Crippen molar-refractivity contribution in [3.63, 3.8) is 0 Å². The number of ether oxygens (including phenoxy) is 1. The Labute approximate surface area is 89.8 Å². The predicted octanol–water partition coefficient (Wildman–Crippen LogP) is 3.54. The van der Waals surface area contributed by atoms with Crippen molar-refractivity contribution in [2.75, 3.05) is 0 Å². The topological polar surface area (TPSA) is 35.3 Å². The summed E-state index contributed by atoms with van der Waals surface area (Å²) in [6.45, 7) is 1.80. The number of aryl methyl sites for hydroxylation is 1. The molecule has 0 saturated heterocycles. The fraction of sp³-hybridized carbons (Fsp3) is 0.100. The molecule has 3 nitrogen and oxygen atoms in total. The molecule has 0 radical (unpaired) electrons. The first kappa shape index (κ1) is 9.27. The van der Waals surface area contributed by atoms with Crippen LogP contribution < -0.4 is 4.74 Å². The molecule has 0 fully saturated rings. The van der Waals surface area contributed by atoms with Crippen molar-refractivity contribution < 1.29 is 9.26 Å². The minimum Gasteiger partial charge on any atom is -0.451 e. The number of para-hydroxylation sites is 1. The van der Waals surface area contributed by atoms with E-state index < -0.39 is 0 Å². The van der Waals surface area contributed by atoms with E-state index in [2.05, 4.69) is 21.1 Å². The lowest BCUT2D eigenvalue weighted by Gasteiger charge is -2.04. The third-order valence-electron chi connectivity index (χ3n) is 1.76. The largest absolute Gasteiger partial charge is 0.451 e. The summed E-state index contributed by atoms with van der Waals surface area (Å²) in [5.74, 6) is 2.05. The summed E-state index contributed by atoms with van der Waals surface area (Å²) < 4.78 is 11.4. The normalized spacial score (nSPS) is 10.1. The Bertz CT molecular complexity index is 439. The van der Waals surface area contributed by atoms with Crippen molar-refractivity contribution in [2.45, 2.75) is 6.92 Å². The second-order valence-electron chi connectivity index (χ2n) is 2.78. The first-order chi connectivity index (χ1) is 6.77. The van der Waals surface area contributed by atoms with E-state index in [4.69, 9.17) is 9.26 Å². The molecule has 4 heteroatoms. The van der Waals surface area contributed by atoms with E-state index in [0.717, 1.165) is 10.2 Å². The Balaban J connectivity index is 2.28.